The number of carbonyl (C=O) groups is 2. The predicted molar refractivity (Wildman–Crippen MR) is 58.3 cm³/mol. The second-order valence-corrected chi connectivity index (χ2v) is 4.27. The molecule has 88 valence electrons. The summed E-state index contributed by atoms with van der Waals surface area (Å²) in [4.78, 5) is 22.0. The van der Waals surface area contributed by atoms with Gasteiger partial charge in [0.05, 0.1) is 0 Å². The summed E-state index contributed by atoms with van der Waals surface area (Å²) in [6.45, 7) is 6.07. The zero-order valence-corrected chi connectivity index (χ0v) is 10.0. The first-order valence-electron chi connectivity index (χ1n) is 5.31. The molecule has 0 aliphatic heterocycles. The van der Waals surface area contributed by atoms with Gasteiger partial charge in [-0.25, -0.2) is 0 Å². The molecule has 4 heteroatoms. The highest BCUT2D eigenvalue weighted by Gasteiger charge is 2.12. The quantitative estimate of drug-likeness (QED) is 0.680. The van der Waals surface area contributed by atoms with Crippen LogP contribution in [-0.2, 0) is 14.3 Å². The Balaban J connectivity index is 3.69. The zero-order chi connectivity index (χ0) is 11.8. The van der Waals surface area contributed by atoms with Crippen molar-refractivity contribution in [3.63, 3.8) is 0 Å². The number of ether oxygens (including phenoxy) is 1. The van der Waals surface area contributed by atoms with E-state index in [2.05, 4.69) is 19.2 Å². The lowest BCUT2D eigenvalue weighted by atomic mass is 9.96. The van der Waals surface area contributed by atoms with Gasteiger partial charge in [0.2, 0.25) is 0 Å². The Morgan fingerprint density at radius 2 is 1.87 bits per heavy atom. The van der Waals surface area contributed by atoms with E-state index in [0.29, 0.717) is 18.3 Å². The summed E-state index contributed by atoms with van der Waals surface area (Å²) in [6, 6.07) is 0. The van der Waals surface area contributed by atoms with E-state index in [9.17, 15) is 9.59 Å². The summed E-state index contributed by atoms with van der Waals surface area (Å²) in [7, 11) is 1.51. The molecule has 0 aromatic rings. The number of hydrogen-bond donors (Lipinski definition) is 1. The van der Waals surface area contributed by atoms with Gasteiger partial charge < -0.3 is 10.1 Å². The number of rotatable bonds is 6. The van der Waals surface area contributed by atoms with Crippen molar-refractivity contribution >= 4 is 11.9 Å². The summed E-state index contributed by atoms with van der Waals surface area (Å²) in [6.07, 6.45) is 1.38. The molecule has 0 aliphatic carbocycles. The molecule has 15 heavy (non-hydrogen) atoms. The average Bonchev–Trinajstić information content (AvgIpc) is 2.12. The molecule has 1 atom stereocenters. The fourth-order valence-electron chi connectivity index (χ4n) is 1.45. The Morgan fingerprint density at radius 1 is 1.27 bits per heavy atom. The van der Waals surface area contributed by atoms with Crippen LogP contribution >= 0.6 is 0 Å². The number of amides is 1. The van der Waals surface area contributed by atoms with E-state index in [1.165, 1.54) is 7.05 Å². The summed E-state index contributed by atoms with van der Waals surface area (Å²) in [5.41, 5.74) is 0. The van der Waals surface area contributed by atoms with Crippen molar-refractivity contribution in [1.82, 2.24) is 5.32 Å². The van der Waals surface area contributed by atoms with E-state index in [4.69, 9.17) is 4.74 Å². The molecule has 0 rings (SSSR count). The maximum Gasteiger partial charge on any atom is 0.306 e. The molecule has 0 spiro atoms. The standard InChI is InChI=1S/C11H21NO3/c1-8(2)5-9(3)6-11(14)15-7-10(13)12-4/h8-9H,5-7H2,1-4H3,(H,12,13)/t9-/m0/s1. The lowest BCUT2D eigenvalue weighted by molar-refractivity contribution is -0.149. The van der Waals surface area contributed by atoms with Crippen LogP contribution in [0.5, 0.6) is 0 Å². The van der Waals surface area contributed by atoms with Gasteiger partial charge in [0, 0.05) is 13.5 Å². The molecule has 0 unspecified atom stereocenters. The van der Waals surface area contributed by atoms with Gasteiger partial charge in [0.1, 0.15) is 0 Å². The van der Waals surface area contributed by atoms with Crippen LogP contribution < -0.4 is 5.32 Å². The van der Waals surface area contributed by atoms with Crippen molar-refractivity contribution < 1.29 is 14.3 Å². The second kappa shape index (κ2) is 7.26. The van der Waals surface area contributed by atoms with Crippen LogP contribution in [0, 0.1) is 11.8 Å². The lowest BCUT2D eigenvalue weighted by Gasteiger charge is -2.12. The summed E-state index contributed by atoms with van der Waals surface area (Å²) in [5.74, 6) is 0.306. The van der Waals surface area contributed by atoms with Gasteiger partial charge in [-0.05, 0) is 18.3 Å². The van der Waals surface area contributed by atoms with Crippen molar-refractivity contribution in [3.05, 3.63) is 0 Å². The molecule has 0 aromatic carbocycles. The number of likely N-dealkylation sites (N-methyl/N-ethyl adjacent to an activating group) is 1. The third-order valence-corrected chi connectivity index (χ3v) is 2.03. The molecule has 0 fully saturated rings. The van der Waals surface area contributed by atoms with Crippen molar-refractivity contribution in [2.45, 2.75) is 33.6 Å². The van der Waals surface area contributed by atoms with E-state index in [-0.39, 0.29) is 18.5 Å². The molecule has 0 saturated heterocycles. The first-order valence-corrected chi connectivity index (χ1v) is 5.31. The minimum atomic E-state index is -0.299. The highest BCUT2D eigenvalue weighted by molar-refractivity contribution is 5.80. The van der Waals surface area contributed by atoms with E-state index < -0.39 is 0 Å². The highest BCUT2D eigenvalue weighted by atomic mass is 16.5. The van der Waals surface area contributed by atoms with Crippen LogP contribution in [0.4, 0.5) is 0 Å². The van der Waals surface area contributed by atoms with Gasteiger partial charge in [-0.15, -0.1) is 0 Å². The zero-order valence-electron chi connectivity index (χ0n) is 10.0. The minimum absolute atomic E-state index is 0.177. The lowest BCUT2D eigenvalue weighted by Crippen LogP contribution is -2.25. The fourth-order valence-corrected chi connectivity index (χ4v) is 1.45. The van der Waals surface area contributed by atoms with Crippen LogP contribution in [0.2, 0.25) is 0 Å². The van der Waals surface area contributed by atoms with Gasteiger partial charge in [-0.2, -0.15) is 0 Å². The van der Waals surface area contributed by atoms with Gasteiger partial charge in [-0.1, -0.05) is 20.8 Å². The number of nitrogens with one attached hydrogen (secondary N) is 1. The first kappa shape index (κ1) is 13.9. The van der Waals surface area contributed by atoms with Crippen molar-refractivity contribution in [1.29, 1.82) is 0 Å². The normalized spacial score (nSPS) is 12.3. The van der Waals surface area contributed by atoms with Crippen LogP contribution in [-0.4, -0.2) is 25.5 Å². The summed E-state index contributed by atoms with van der Waals surface area (Å²) < 4.78 is 4.80. The molecular formula is C11H21NO3. The van der Waals surface area contributed by atoms with Crippen molar-refractivity contribution in [2.24, 2.45) is 11.8 Å². The van der Waals surface area contributed by atoms with E-state index in [1.54, 1.807) is 0 Å². The van der Waals surface area contributed by atoms with Crippen LogP contribution in [0.3, 0.4) is 0 Å². The Bertz CT molecular complexity index is 214. The van der Waals surface area contributed by atoms with Crippen molar-refractivity contribution in [2.75, 3.05) is 13.7 Å². The van der Waals surface area contributed by atoms with Gasteiger partial charge in [0.25, 0.3) is 5.91 Å². The molecule has 0 aromatic heterocycles. The SMILES string of the molecule is CNC(=O)COC(=O)C[C@@H](C)CC(C)C. The third-order valence-electron chi connectivity index (χ3n) is 2.03. The van der Waals surface area contributed by atoms with Crippen LogP contribution in [0.25, 0.3) is 0 Å². The highest BCUT2D eigenvalue weighted by Crippen LogP contribution is 2.14. The molecule has 0 radical (unpaired) electrons. The third kappa shape index (κ3) is 7.97. The van der Waals surface area contributed by atoms with Gasteiger partial charge >= 0.3 is 5.97 Å². The fraction of sp³-hybridized carbons (Fsp3) is 0.818. The average molecular weight is 215 g/mol. The molecule has 0 saturated carbocycles. The Morgan fingerprint density at radius 3 is 2.33 bits per heavy atom. The molecule has 1 N–H and O–H groups in total. The number of hydrogen-bond acceptors (Lipinski definition) is 3. The van der Waals surface area contributed by atoms with E-state index in [0.717, 1.165) is 6.42 Å². The topological polar surface area (TPSA) is 55.4 Å². The maximum absolute atomic E-state index is 11.3. The van der Waals surface area contributed by atoms with E-state index >= 15 is 0 Å². The largest absolute Gasteiger partial charge is 0.456 e. The Labute approximate surface area is 91.4 Å². The van der Waals surface area contributed by atoms with Gasteiger partial charge in [0.15, 0.2) is 6.61 Å². The Hall–Kier alpha value is -1.06. The molecular weight excluding hydrogens is 194 g/mol. The number of carbonyl (C=O) groups excluding carboxylic acids is 2. The Kier molecular flexibility index (Phi) is 6.75. The monoisotopic (exact) mass is 215 g/mol. The maximum atomic E-state index is 11.3. The molecule has 0 aliphatic rings. The van der Waals surface area contributed by atoms with Crippen LogP contribution in [0.15, 0.2) is 0 Å². The molecule has 0 bridgehead atoms. The first-order chi connectivity index (χ1) is 6.95. The van der Waals surface area contributed by atoms with Crippen LogP contribution in [0.1, 0.15) is 33.6 Å². The second-order valence-electron chi connectivity index (χ2n) is 4.27. The number of esters is 1. The summed E-state index contributed by atoms with van der Waals surface area (Å²) >= 11 is 0. The predicted octanol–water partition coefficient (Wildman–Crippen LogP) is 1.35. The summed E-state index contributed by atoms with van der Waals surface area (Å²) in [5, 5.41) is 2.39. The van der Waals surface area contributed by atoms with Crippen molar-refractivity contribution in [3.8, 4) is 0 Å². The van der Waals surface area contributed by atoms with Gasteiger partial charge in [-0.3, -0.25) is 9.59 Å². The van der Waals surface area contributed by atoms with E-state index in [1.807, 2.05) is 6.92 Å². The smallest absolute Gasteiger partial charge is 0.306 e. The molecule has 0 heterocycles. The molecule has 4 nitrogen and oxygen atoms in total. The molecule has 1 amide bonds. The minimum Gasteiger partial charge on any atom is -0.456 e.